The standard InChI is InChI=1S/C30H30FN7O3S/c1-17(39)20-14-38(15-20)16-21-12-28(35-36(21)2)32-25-13-23(34-37(3)30(25)41)18-8-9-22(31)24(10-18)33-29(40)27-11-19-6-4-5-7-26(19)42-27/h4-13,17,20,39H,14-16H2,1-3H3,(H,32,35)(H,33,40). The van der Waals surface area contributed by atoms with Crippen LogP contribution in [0.1, 0.15) is 22.3 Å². The zero-order valence-corrected chi connectivity index (χ0v) is 24.2. The van der Waals surface area contributed by atoms with E-state index in [4.69, 9.17) is 0 Å². The van der Waals surface area contributed by atoms with E-state index in [0.29, 0.717) is 28.5 Å². The molecule has 42 heavy (non-hydrogen) atoms. The van der Waals surface area contributed by atoms with E-state index in [1.54, 1.807) is 22.9 Å². The fourth-order valence-electron chi connectivity index (χ4n) is 5.02. The van der Waals surface area contributed by atoms with Gasteiger partial charge < -0.3 is 15.7 Å². The van der Waals surface area contributed by atoms with Crippen molar-refractivity contribution in [2.45, 2.75) is 19.6 Å². The maximum Gasteiger partial charge on any atom is 0.290 e. The lowest BCUT2D eigenvalue weighted by Crippen LogP contribution is -2.50. The second-order valence-electron chi connectivity index (χ2n) is 10.6. The van der Waals surface area contributed by atoms with Gasteiger partial charge in [0.2, 0.25) is 0 Å². The summed E-state index contributed by atoms with van der Waals surface area (Å²) in [4.78, 5) is 28.6. The maximum absolute atomic E-state index is 14.8. The summed E-state index contributed by atoms with van der Waals surface area (Å²) >= 11 is 1.34. The molecule has 4 heterocycles. The minimum atomic E-state index is -0.584. The third-order valence-corrected chi connectivity index (χ3v) is 8.63. The molecular formula is C30H30FN7O3S. The topological polar surface area (TPSA) is 117 Å². The Morgan fingerprint density at radius 2 is 1.86 bits per heavy atom. The average Bonchev–Trinajstić information content (AvgIpc) is 3.52. The summed E-state index contributed by atoms with van der Waals surface area (Å²) in [6.07, 6.45) is -0.322. The molecular weight excluding hydrogens is 557 g/mol. The SMILES string of the molecule is CC(O)C1CN(Cc2cc(Nc3cc(-c4ccc(F)c(NC(=O)c5cc6ccccc6s5)c4)nn(C)c3=O)nn2C)C1. The lowest BCUT2D eigenvalue weighted by Gasteiger charge is -2.40. The largest absolute Gasteiger partial charge is 0.393 e. The highest BCUT2D eigenvalue weighted by Gasteiger charge is 2.30. The van der Waals surface area contributed by atoms with Crippen molar-refractivity contribution in [1.82, 2.24) is 24.5 Å². The highest BCUT2D eigenvalue weighted by Crippen LogP contribution is 2.29. The van der Waals surface area contributed by atoms with Gasteiger partial charge in [0.15, 0.2) is 5.82 Å². The molecule has 2 aromatic carbocycles. The first-order chi connectivity index (χ1) is 20.1. The van der Waals surface area contributed by atoms with Gasteiger partial charge in [0.1, 0.15) is 11.5 Å². The van der Waals surface area contributed by atoms with Gasteiger partial charge in [-0.3, -0.25) is 19.2 Å². The number of benzene rings is 2. The molecule has 6 rings (SSSR count). The summed E-state index contributed by atoms with van der Waals surface area (Å²) in [6, 6.07) is 17.2. The Morgan fingerprint density at radius 1 is 1.07 bits per heavy atom. The number of fused-ring (bicyclic) bond motifs is 1. The van der Waals surface area contributed by atoms with Crippen LogP contribution >= 0.6 is 11.3 Å². The average molecular weight is 588 g/mol. The number of aliphatic hydroxyl groups is 1. The lowest BCUT2D eigenvalue weighted by molar-refractivity contribution is 0.0000574. The number of aromatic nitrogens is 4. The van der Waals surface area contributed by atoms with Crippen LogP contribution in [0.25, 0.3) is 21.3 Å². The number of aliphatic hydroxyl groups excluding tert-OH is 1. The number of thiophene rings is 1. The number of carbonyl (C=O) groups excluding carboxylic acids is 1. The van der Waals surface area contributed by atoms with Gasteiger partial charge in [-0.2, -0.15) is 10.2 Å². The van der Waals surface area contributed by atoms with Gasteiger partial charge in [-0.25, -0.2) is 9.07 Å². The van der Waals surface area contributed by atoms with Crippen LogP contribution in [0.2, 0.25) is 0 Å². The third kappa shape index (κ3) is 5.56. The van der Waals surface area contributed by atoms with E-state index in [0.717, 1.165) is 28.9 Å². The monoisotopic (exact) mass is 587 g/mol. The molecule has 3 aromatic heterocycles. The molecule has 0 bridgehead atoms. The van der Waals surface area contributed by atoms with Gasteiger partial charge in [0.05, 0.1) is 28.1 Å². The quantitative estimate of drug-likeness (QED) is 0.247. The van der Waals surface area contributed by atoms with Gasteiger partial charge >= 0.3 is 0 Å². The summed E-state index contributed by atoms with van der Waals surface area (Å²) in [7, 11) is 3.38. The Bertz CT molecular complexity index is 1820. The molecule has 1 saturated heterocycles. The minimum Gasteiger partial charge on any atom is -0.393 e. The molecule has 1 aliphatic heterocycles. The molecule has 1 unspecified atom stereocenters. The van der Waals surface area contributed by atoms with Crippen molar-refractivity contribution in [2.24, 2.45) is 20.0 Å². The van der Waals surface area contributed by atoms with E-state index in [2.05, 4.69) is 25.7 Å². The number of aryl methyl sites for hydroxylation is 2. The van der Waals surface area contributed by atoms with Crippen LogP contribution in [0.4, 0.5) is 21.6 Å². The van der Waals surface area contributed by atoms with Crippen LogP contribution < -0.4 is 16.2 Å². The van der Waals surface area contributed by atoms with Gasteiger partial charge in [-0.15, -0.1) is 11.3 Å². The highest BCUT2D eigenvalue weighted by molar-refractivity contribution is 7.20. The van der Waals surface area contributed by atoms with E-state index in [-0.39, 0.29) is 29.0 Å². The van der Waals surface area contributed by atoms with Crippen LogP contribution in [0.5, 0.6) is 0 Å². The summed E-state index contributed by atoms with van der Waals surface area (Å²) in [5, 5.41) is 25.3. The summed E-state index contributed by atoms with van der Waals surface area (Å²) in [6.45, 7) is 4.14. The predicted molar refractivity (Wildman–Crippen MR) is 162 cm³/mol. The number of likely N-dealkylation sites (tertiary alicyclic amines) is 1. The van der Waals surface area contributed by atoms with E-state index in [1.807, 2.05) is 44.3 Å². The zero-order chi connectivity index (χ0) is 29.5. The van der Waals surface area contributed by atoms with Crippen LogP contribution in [-0.4, -0.2) is 54.7 Å². The molecule has 1 atom stereocenters. The molecule has 0 radical (unpaired) electrons. The zero-order valence-electron chi connectivity index (χ0n) is 23.3. The first-order valence-corrected chi connectivity index (χ1v) is 14.3. The number of rotatable bonds is 8. The number of hydrogen-bond acceptors (Lipinski definition) is 8. The summed E-state index contributed by atoms with van der Waals surface area (Å²) < 4.78 is 18.7. The molecule has 0 spiro atoms. The van der Waals surface area contributed by atoms with Crippen molar-refractivity contribution in [2.75, 3.05) is 23.7 Å². The molecule has 1 fully saturated rings. The van der Waals surface area contributed by atoms with Gasteiger partial charge in [0, 0.05) is 56.0 Å². The fraction of sp³-hybridized carbons (Fsp3) is 0.267. The van der Waals surface area contributed by atoms with Gasteiger partial charge in [-0.05, 0) is 48.7 Å². The maximum atomic E-state index is 14.8. The fourth-order valence-corrected chi connectivity index (χ4v) is 5.98. The normalized spacial score (nSPS) is 14.6. The highest BCUT2D eigenvalue weighted by atomic mass is 32.1. The predicted octanol–water partition coefficient (Wildman–Crippen LogP) is 4.34. The Morgan fingerprint density at radius 3 is 2.62 bits per heavy atom. The summed E-state index contributed by atoms with van der Waals surface area (Å²) in [5.41, 5.74) is 1.81. The van der Waals surface area contributed by atoms with Crippen LogP contribution in [0, 0.1) is 11.7 Å². The molecule has 3 N–H and O–H groups in total. The summed E-state index contributed by atoms with van der Waals surface area (Å²) in [5.74, 6) is -0.206. The van der Waals surface area contributed by atoms with Crippen molar-refractivity contribution in [3.63, 3.8) is 0 Å². The van der Waals surface area contributed by atoms with Crippen molar-refractivity contribution in [3.8, 4) is 11.3 Å². The van der Waals surface area contributed by atoms with Crippen molar-refractivity contribution in [1.29, 1.82) is 0 Å². The first kappa shape index (κ1) is 27.8. The van der Waals surface area contributed by atoms with E-state index in [1.165, 1.54) is 35.2 Å². The third-order valence-electron chi connectivity index (χ3n) is 7.52. The number of nitrogens with zero attached hydrogens (tertiary/aromatic N) is 5. The van der Waals surface area contributed by atoms with E-state index >= 15 is 0 Å². The number of amides is 1. The van der Waals surface area contributed by atoms with Crippen molar-refractivity contribution < 1.29 is 14.3 Å². The first-order valence-electron chi connectivity index (χ1n) is 13.5. The Hall–Kier alpha value is -4.39. The number of halogens is 1. The molecule has 10 nitrogen and oxygen atoms in total. The lowest BCUT2D eigenvalue weighted by atomic mass is 9.95. The Labute approximate surface area is 245 Å². The minimum absolute atomic E-state index is 0.0123. The van der Waals surface area contributed by atoms with Gasteiger partial charge in [-0.1, -0.05) is 18.2 Å². The molecule has 1 aliphatic rings. The Balaban J connectivity index is 1.22. The van der Waals surface area contributed by atoms with Crippen molar-refractivity contribution in [3.05, 3.63) is 87.4 Å². The number of carbonyl (C=O) groups is 1. The molecule has 5 aromatic rings. The number of anilines is 3. The molecule has 0 aliphatic carbocycles. The van der Waals surface area contributed by atoms with E-state index < -0.39 is 11.7 Å². The number of hydrogen-bond donors (Lipinski definition) is 3. The molecule has 0 saturated carbocycles. The second-order valence-corrected chi connectivity index (χ2v) is 11.7. The number of nitrogens with one attached hydrogen (secondary N) is 2. The van der Waals surface area contributed by atoms with Gasteiger partial charge in [0.25, 0.3) is 11.5 Å². The van der Waals surface area contributed by atoms with Crippen LogP contribution in [0.15, 0.2) is 65.5 Å². The molecule has 216 valence electrons. The second kappa shape index (κ2) is 11.1. The Kier molecular flexibility index (Phi) is 7.35. The smallest absolute Gasteiger partial charge is 0.290 e. The van der Waals surface area contributed by atoms with Crippen molar-refractivity contribution >= 4 is 44.5 Å². The van der Waals surface area contributed by atoms with E-state index in [9.17, 15) is 19.1 Å². The van der Waals surface area contributed by atoms with Crippen LogP contribution in [0.3, 0.4) is 0 Å². The van der Waals surface area contributed by atoms with Crippen LogP contribution in [-0.2, 0) is 20.6 Å². The molecule has 1 amide bonds. The molecule has 12 heteroatoms.